The van der Waals surface area contributed by atoms with E-state index in [0.717, 1.165) is 41.1 Å². The van der Waals surface area contributed by atoms with Crippen LogP contribution in [0.1, 0.15) is 33.6 Å². The highest BCUT2D eigenvalue weighted by Gasteiger charge is 2.44. The van der Waals surface area contributed by atoms with Gasteiger partial charge in [-0.3, -0.25) is 4.98 Å². The van der Waals surface area contributed by atoms with E-state index < -0.39 is 0 Å². The Morgan fingerprint density at radius 2 is 1.32 bits per heavy atom. The molecule has 0 radical (unpaired) electrons. The molecular formula is C26H21Cl2N3. The summed E-state index contributed by atoms with van der Waals surface area (Å²) in [6.45, 7) is 3.96. The first-order chi connectivity index (χ1) is 14.9. The first-order valence-corrected chi connectivity index (χ1v) is 11.0. The summed E-state index contributed by atoms with van der Waals surface area (Å²) in [6.07, 6.45) is 3.43. The van der Waals surface area contributed by atoms with Gasteiger partial charge in [-0.1, -0.05) is 53.5 Å². The Labute approximate surface area is 192 Å². The Morgan fingerprint density at radius 3 is 1.94 bits per heavy atom. The highest BCUT2D eigenvalue weighted by Crippen LogP contribution is 2.51. The fourth-order valence-electron chi connectivity index (χ4n) is 4.99. The third-order valence-electron chi connectivity index (χ3n) is 6.00. The van der Waals surface area contributed by atoms with Crippen molar-refractivity contribution in [2.24, 2.45) is 0 Å². The predicted octanol–water partition coefficient (Wildman–Crippen LogP) is 6.55. The van der Waals surface area contributed by atoms with Crippen LogP contribution in [-0.2, 0) is 18.3 Å². The molecule has 1 aliphatic carbocycles. The van der Waals surface area contributed by atoms with Gasteiger partial charge in [-0.2, -0.15) is 0 Å². The minimum Gasteiger partial charge on any atom is -0.256 e. The molecule has 0 amide bonds. The number of pyridine rings is 3. The first-order valence-electron chi connectivity index (χ1n) is 10.3. The molecule has 5 rings (SSSR count). The van der Waals surface area contributed by atoms with Crippen molar-refractivity contribution in [3.63, 3.8) is 0 Å². The zero-order valence-electron chi connectivity index (χ0n) is 17.4. The molecule has 3 aromatic heterocycles. The summed E-state index contributed by atoms with van der Waals surface area (Å²) in [6, 6.07) is 21.0. The molecule has 1 aliphatic rings. The van der Waals surface area contributed by atoms with Gasteiger partial charge in [0, 0.05) is 28.6 Å². The van der Waals surface area contributed by atoms with E-state index >= 15 is 0 Å². The lowest BCUT2D eigenvalue weighted by Crippen LogP contribution is -2.31. The maximum atomic E-state index is 6.33. The van der Waals surface area contributed by atoms with Crippen LogP contribution in [-0.4, -0.2) is 15.0 Å². The van der Waals surface area contributed by atoms with E-state index in [2.05, 4.69) is 52.4 Å². The van der Waals surface area contributed by atoms with Crippen LogP contribution in [0, 0.1) is 13.8 Å². The van der Waals surface area contributed by atoms with E-state index in [1.807, 2.05) is 38.2 Å². The second-order valence-electron chi connectivity index (χ2n) is 8.26. The smallest absolute Gasteiger partial charge is 0.129 e. The van der Waals surface area contributed by atoms with Crippen LogP contribution in [0.15, 0.2) is 66.9 Å². The van der Waals surface area contributed by atoms with Crippen LogP contribution >= 0.6 is 23.2 Å². The van der Waals surface area contributed by atoms with E-state index in [1.54, 1.807) is 0 Å². The fourth-order valence-corrected chi connectivity index (χ4v) is 5.54. The third-order valence-corrected chi connectivity index (χ3v) is 6.38. The molecule has 1 aromatic carbocycles. The van der Waals surface area contributed by atoms with Crippen molar-refractivity contribution in [3.8, 4) is 11.3 Å². The van der Waals surface area contributed by atoms with Crippen molar-refractivity contribution in [2.75, 3.05) is 0 Å². The van der Waals surface area contributed by atoms with Gasteiger partial charge in [-0.25, -0.2) is 9.97 Å². The Hall–Kier alpha value is -2.75. The molecule has 0 bridgehead atoms. The van der Waals surface area contributed by atoms with Crippen LogP contribution in [0.5, 0.6) is 0 Å². The van der Waals surface area contributed by atoms with Crippen LogP contribution in [0.25, 0.3) is 11.3 Å². The summed E-state index contributed by atoms with van der Waals surface area (Å²) < 4.78 is 0. The number of benzene rings is 1. The molecule has 31 heavy (non-hydrogen) atoms. The largest absolute Gasteiger partial charge is 0.256 e. The summed E-state index contributed by atoms with van der Waals surface area (Å²) in [5, 5.41) is 1.04. The molecule has 0 spiro atoms. The van der Waals surface area contributed by atoms with Gasteiger partial charge in [0.2, 0.25) is 0 Å². The summed E-state index contributed by atoms with van der Waals surface area (Å²) in [7, 11) is 0. The van der Waals surface area contributed by atoms with E-state index in [9.17, 15) is 0 Å². The molecule has 0 aliphatic heterocycles. The molecule has 0 atom stereocenters. The zero-order valence-corrected chi connectivity index (χ0v) is 18.9. The van der Waals surface area contributed by atoms with Crippen LogP contribution in [0.3, 0.4) is 0 Å². The summed E-state index contributed by atoms with van der Waals surface area (Å²) in [4.78, 5) is 13.5. The lowest BCUT2D eigenvalue weighted by molar-refractivity contribution is 0.518. The Bertz CT molecular complexity index is 1160. The summed E-state index contributed by atoms with van der Waals surface area (Å²) >= 11 is 12.7. The second kappa shape index (κ2) is 7.74. The Balaban J connectivity index is 1.75. The second-order valence-corrected chi connectivity index (χ2v) is 9.03. The Kier molecular flexibility index (Phi) is 5.04. The third kappa shape index (κ3) is 3.62. The number of halogens is 2. The van der Waals surface area contributed by atoms with Crippen LogP contribution < -0.4 is 0 Å². The monoisotopic (exact) mass is 445 g/mol. The number of aromatic nitrogens is 3. The van der Waals surface area contributed by atoms with Crippen molar-refractivity contribution in [1.82, 2.24) is 15.0 Å². The number of nitrogens with zero attached hydrogens (tertiary/aromatic N) is 3. The lowest BCUT2D eigenvalue weighted by atomic mass is 9.70. The first kappa shape index (κ1) is 20.2. The minimum atomic E-state index is -0.297. The molecule has 0 unspecified atom stereocenters. The van der Waals surface area contributed by atoms with E-state index in [0.29, 0.717) is 10.3 Å². The number of fused-ring (bicyclic) bond motifs is 3. The molecule has 0 fully saturated rings. The molecule has 154 valence electrons. The van der Waals surface area contributed by atoms with Crippen molar-refractivity contribution < 1.29 is 0 Å². The van der Waals surface area contributed by atoms with Gasteiger partial charge < -0.3 is 0 Å². The van der Waals surface area contributed by atoms with Crippen LogP contribution in [0.4, 0.5) is 0 Å². The van der Waals surface area contributed by atoms with E-state index in [1.165, 1.54) is 16.7 Å². The molecule has 3 nitrogen and oxygen atoms in total. The SMILES string of the molecule is Cc1cc(CC2(Cc3cc(C)nc(Cl)c3)c3ccccc3-c3ncccc32)cc(Cl)n1. The fraction of sp³-hybridized carbons (Fsp3) is 0.192. The van der Waals surface area contributed by atoms with Gasteiger partial charge in [0.1, 0.15) is 10.3 Å². The highest BCUT2D eigenvalue weighted by atomic mass is 35.5. The van der Waals surface area contributed by atoms with Crippen molar-refractivity contribution in [2.45, 2.75) is 32.1 Å². The summed E-state index contributed by atoms with van der Waals surface area (Å²) in [5.41, 5.74) is 8.58. The summed E-state index contributed by atoms with van der Waals surface area (Å²) in [5.74, 6) is 0. The zero-order chi connectivity index (χ0) is 21.6. The molecule has 4 aromatic rings. The van der Waals surface area contributed by atoms with Gasteiger partial charge in [-0.15, -0.1) is 0 Å². The van der Waals surface area contributed by atoms with Gasteiger partial charge >= 0.3 is 0 Å². The van der Waals surface area contributed by atoms with E-state index in [4.69, 9.17) is 28.2 Å². The average molecular weight is 446 g/mol. The lowest BCUT2D eigenvalue weighted by Gasteiger charge is -2.33. The van der Waals surface area contributed by atoms with Gasteiger partial charge in [0.25, 0.3) is 0 Å². The number of hydrogen-bond donors (Lipinski definition) is 0. The standard InChI is InChI=1S/C26H21Cl2N3/c1-16-10-18(12-23(27)30-16)14-26(15-19-11-17(2)31-24(28)13-19)21-7-4-3-6-20(21)25-22(26)8-5-9-29-25/h3-13H,14-15H2,1-2H3. The normalized spacial score (nSPS) is 13.7. The van der Waals surface area contributed by atoms with Gasteiger partial charge in [0.05, 0.1) is 5.69 Å². The number of rotatable bonds is 4. The highest BCUT2D eigenvalue weighted by molar-refractivity contribution is 6.29. The predicted molar refractivity (Wildman–Crippen MR) is 126 cm³/mol. The molecular weight excluding hydrogens is 425 g/mol. The Morgan fingerprint density at radius 1 is 0.742 bits per heavy atom. The maximum absolute atomic E-state index is 6.33. The average Bonchev–Trinajstić information content (AvgIpc) is 2.97. The molecule has 0 saturated carbocycles. The molecule has 0 saturated heterocycles. The van der Waals surface area contributed by atoms with Crippen LogP contribution in [0.2, 0.25) is 10.3 Å². The van der Waals surface area contributed by atoms with Crippen molar-refractivity contribution >= 4 is 23.2 Å². The number of aryl methyl sites for hydroxylation is 2. The van der Waals surface area contributed by atoms with Gasteiger partial charge in [0.15, 0.2) is 0 Å². The minimum absolute atomic E-state index is 0.297. The topological polar surface area (TPSA) is 38.7 Å². The van der Waals surface area contributed by atoms with Crippen molar-refractivity contribution in [1.29, 1.82) is 0 Å². The molecule has 3 heterocycles. The molecule has 5 heteroatoms. The maximum Gasteiger partial charge on any atom is 0.129 e. The van der Waals surface area contributed by atoms with E-state index in [-0.39, 0.29) is 5.41 Å². The number of hydrogen-bond acceptors (Lipinski definition) is 3. The molecule has 0 N–H and O–H groups in total. The van der Waals surface area contributed by atoms with Crippen molar-refractivity contribution in [3.05, 3.63) is 111 Å². The quantitative estimate of drug-likeness (QED) is 0.334. The van der Waals surface area contributed by atoms with Gasteiger partial charge in [-0.05, 0) is 79.3 Å².